The number of nitrogens with one attached hydrogen (secondary N) is 1. The molecule has 0 aliphatic rings. The molecule has 0 fully saturated rings. The topological polar surface area (TPSA) is 96.4 Å². The number of benzene rings is 1. The molecule has 21 heavy (non-hydrogen) atoms. The number of halogens is 1. The molecule has 0 atom stereocenters. The van der Waals surface area contributed by atoms with Crippen LogP contribution in [0.2, 0.25) is 0 Å². The number of hydrogen-bond acceptors (Lipinski definition) is 4. The molecule has 1 aromatic heterocycles. The van der Waals surface area contributed by atoms with Crippen LogP contribution >= 0.6 is 0 Å². The van der Waals surface area contributed by atoms with Crippen molar-refractivity contribution in [3.05, 3.63) is 59.7 Å². The average molecular weight is 310 g/mol. The second kappa shape index (κ2) is 5.88. The summed E-state index contributed by atoms with van der Waals surface area (Å²) in [5, 5.41) is 8.79. The van der Waals surface area contributed by atoms with Crippen LogP contribution in [0.15, 0.2) is 42.6 Å². The summed E-state index contributed by atoms with van der Waals surface area (Å²) in [6.45, 7) is 0. The van der Waals surface area contributed by atoms with Crippen LogP contribution in [0.3, 0.4) is 0 Å². The third-order valence-electron chi connectivity index (χ3n) is 2.50. The predicted octanol–water partition coefficient (Wildman–Crippen LogP) is 1.86. The van der Waals surface area contributed by atoms with E-state index in [0.29, 0.717) is 0 Å². The second-order valence-electron chi connectivity index (χ2n) is 4.23. The van der Waals surface area contributed by atoms with Crippen LogP contribution in [0.1, 0.15) is 16.1 Å². The Balaban J connectivity index is 2.18. The number of anilines is 1. The molecule has 0 saturated carbocycles. The Morgan fingerprint density at radius 2 is 2.05 bits per heavy atom. The van der Waals surface area contributed by atoms with Crippen molar-refractivity contribution < 1.29 is 22.7 Å². The zero-order valence-electron chi connectivity index (χ0n) is 10.7. The van der Waals surface area contributed by atoms with Crippen LogP contribution in [0, 0.1) is 5.82 Å². The molecule has 0 radical (unpaired) electrons. The summed E-state index contributed by atoms with van der Waals surface area (Å²) < 4.78 is 39.2. The third kappa shape index (κ3) is 4.25. The lowest BCUT2D eigenvalue weighted by Crippen LogP contribution is -2.15. The molecule has 6 nitrogen and oxygen atoms in total. The molecule has 2 rings (SSSR count). The number of hydrogen-bond donors (Lipinski definition) is 2. The van der Waals surface area contributed by atoms with Gasteiger partial charge in [0.05, 0.1) is 11.4 Å². The van der Waals surface area contributed by atoms with Gasteiger partial charge < -0.3 is 5.11 Å². The van der Waals surface area contributed by atoms with Gasteiger partial charge in [0.1, 0.15) is 11.5 Å². The van der Waals surface area contributed by atoms with Crippen LogP contribution in [0.4, 0.5) is 10.1 Å². The number of rotatable bonds is 5. The van der Waals surface area contributed by atoms with Crippen molar-refractivity contribution in [2.45, 2.75) is 5.75 Å². The van der Waals surface area contributed by atoms with Gasteiger partial charge in [-0.25, -0.2) is 22.6 Å². The van der Waals surface area contributed by atoms with Crippen LogP contribution in [-0.4, -0.2) is 24.5 Å². The normalized spacial score (nSPS) is 11.1. The fraction of sp³-hybridized carbons (Fsp3) is 0.0769. The summed E-state index contributed by atoms with van der Waals surface area (Å²) >= 11 is 0. The number of sulfonamides is 1. The summed E-state index contributed by atoms with van der Waals surface area (Å²) in [4.78, 5) is 14.3. The van der Waals surface area contributed by atoms with Gasteiger partial charge in [-0.05, 0) is 29.8 Å². The molecule has 8 heteroatoms. The van der Waals surface area contributed by atoms with Crippen molar-refractivity contribution in [2.24, 2.45) is 0 Å². The summed E-state index contributed by atoms with van der Waals surface area (Å²) in [5.74, 6) is -2.21. The minimum Gasteiger partial charge on any atom is -0.477 e. The van der Waals surface area contributed by atoms with Gasteiger partial charge in [-0.2, -0.15) is 0 Å². The minimum atomic E-state index is -3.78. The molecule has 1 aromatic carbocycles. The van der Waals surface area contributed by atoms with Gasteiger partial charge in [-0.15, -0.1) is 0 Å². The largest absolute Gasteiger partial charge is 0.477 e. The SMILES string of the molecule is O=C(O)c1cc(NS(=O)(=O)Cc2cccc(F)c2)ccn1. The van der Waals surface area contributed by atoms with Crippen molar-refractivity contribution in [3.63, 3.8) is 0 Å². The molecular formula is C13H11FN2O4S. The minimum absolute atomic E-state index is 0.0822. The molecule has 0 spiro atoms. The lowest BCUT2D eigenvalue weighted by Gasteiger charge is -2.08. The number of aromatic nitrogens is 1. The first-order chi connectivity index (χ1) is 9.85. The van der Waals surface area contributed by atoms with E-state index in [4.69, 9.17) is 5.11 Å². The molecule has 110 valence electrons. The lowest BCUT2D eigenvalue weighted by molar-refractivity contribution is 0.0690. The Morgan fingerprint density at radius 3 is 2.71 bits per heavy atom. The van der Waals surface area contributed by atoms with E-state index >= 15 is 0 Å². The highest BCUT2D eigenvalue weighted by Gasteiger charge is 2.14. The maximum Gasteiger partial charge on any atom is 0.354 e. The molecule has 0 aliphatic heterocycles. The molecule has 0 bridgehead atoms. The van der Waals surface area contributed by atoms with E-state index in [2.05, 4.69) is 9.71 Å². The summed E-state index contributed by atoms with van der Waals surface area (Å²) in [7, 11) is -3.78. The van der Waals surface area contributed by atoms with Gasteiger partial charge in [0.2, 0.25) is 10.0 Å². The molecule has 0 saturated heterocycles. The van der Waals surface area contributed by atoms with E-state index < -0.39 is 27.6 Å². The fourth-order valence-electron chi connectivity index (χ4n) is 1.67. The molecule has 0 aliphatic carbocycles. The van der Waals surface area contributed by atoms with Crippen LogP contribution in [0.5, 0.6) is 0 Å². The first-order valence-electron chi connectivity index (χ1n) is 5.80. The Hall–Kier alpha value is -2.48. The number of carboxylic acid groups (broad SMARTS) is 1. The van der Waals surface area contributed by atoms with E-state index in [1.165, 1.54) is 30.5 Å². The molecule has 2 N–H and O–H groups in total. The first-order valence-corrected chi connectivity index (χ1v) is 7.45. The van der Waals surface area contributed by atoms with Crippen LogP contribution in [0.25, 0.3) is 0 Å². The molecule has 0 amide bonds. The van der Waals surface area contributed by atoms with Crippen LogP contribution in [-0.2, 0) is 15.8 Å². The maximum absolute atomic E-state index is 13.0. The monoisotopic (exact) mass is 310 g/mol. The molecule has 0 unspecified atom stereocenters. The van der Waals surface area contributed by atoms with Gasteiger partial charge >= 0.3 is 5.97 Å². The second-order valence-corrected chi connectivity index (χ2v) is 5.95. The van der Waals surface area contributed by atoms with Crippen molar-refractivity contribution in [1.82, 2.24) is 4.98 Å². The standard InChI is InChI=1S/C13H11FN2O4S/c14-10-3-1-2-9(6-10)8-21(19,20)16-11-4-5-15-12(7-11)13(17)18/h1-7H,8H2,(H,15,16)(H,17,18). The van der Waals surface area contributed by atoms with Gasteiger partial charge in [-0.1, -0.05) is 12.1 Å². The highest BCUT2D eigenvalue weighted by molar-refractivity contribution is 7.91. The van der Waals surface area contributed by atoms with Crippen molar-refractivity contribution in [2.75, 3.05) is 4.72 Å². The Morgan fingerprint density at radius 1 is 1.29 bits per heavy atom. The lowest BCUT2D eigenvalue weighted by atomic mass is 10.2. The van der Waals surface area contributed by atoms with Gasteiger partial charge in [0, 0.05) is 6.20 Å². The van der Waals surface area contributed by atoms with E-state index in [1.54, 1.807) is 0 Å². The van der Waals surface area contributed by atoms with Crippen molar-refractivity contribution in [3.8, 4) is 0 Å². The van der Waals surface area contributed by atoms with Crippen molar-refractivity contribution in [1.29, 1.82) is 0 Å². The summed E-state index contributed by atoms with van der Waals surface area (Å²) in [5.41, 5.74) is 0.0924. The zero-order valence-corrected chi connectivity index (χ0v) is 11.5. The number of nitrogens with zero attached hydrogens (tertiary/aromatic N) is 1. The van der Waals surface area contributed by atoms with E-state index in [1.807, 2.05) is 0 Å². The molecule has 1 heterocycles. The van der Waals surface area contributed by atoms with E-state index in [9.17, 15) is 17.6 Å². The highest BCUT2D eigenvalue weighted by atomic mass is 32.2. The van der Waals surface area contributed by atoms with Gasteiger partial charge in [0.15, 0.2) is 0 Å². The Labute approximate surface area is 120 Å². The third-order valence-corrected chi connectivity index (χ3v) is 3.76. The van der Waals surface area contributed by atoms with Gasteiger partial charge in [0.25, 0.3) is 0 Å². The fourth-order valence-corrected chi connectivity index (χ4v) is 2.85. The van der Waals surface area contributed by atoms with Gasteiger partial charge in [-0.3, -0.25) is 4.72 Å². The quantitative estimate of drug-likeness (QED) is 0.878. The van der Waals surface area contributed by atoms with E-state index in [-0.39, 0.29) is 16.9 Å². The zero-order chi connectivity index (χ0) is 15.5. The highest BCUT2D eigenvalue weighted by Crippen LogP contribution is 2.14. The molecular weight excluding hydrogens is 299 g/mol. The smallest absolute Gasteiger partial charge is 0.354 e. The number of pyridine rings is 1. The summed E-state index contributed by atoms with van der Waals surface area (Å²) in [6.07, 6.45) is 1.18. The number of carbonyl (C=O) groups is 1. The number of carboxylic acids is 1. The number of aromatic carboxylic acids is 1. The maximum atomic E-state index is 13.0. The first kappa shape index (κ1) is 14.9. The Kier molecular flexibility index (Phi) is 4.18. The van der Waals surface area contributed by atoms with Crippen molar-refractivity contribution >= 4 is 21.7 Å². The average Bonchev–Trinajstić information content (AvgIpc) is 2.37. The Bertz CT molecular complexity index is 777. The van der Waals surface area contributed by atoms with Crippen LogP contribution < -0.4 is 4.72 Å². The predicted molar refractivity (Wildman–Crippen MR) is 73.8 cm³/mol. The molecule has 2 aromatic rings. The summed E-state index contributed by atoms with van der Waals surface area (Å²) in [6, 6.07) is 7.66. The van der Waals surface area contributed by atoms with E-state index in [0.717, 1.165) is 12.1 Å².